The molecule has 0 atom stereocenters. The van der Waals surface area contributed by atoms with Gasteiger partial charge in [-0.05, 0) is 43.1 Å². The molecule has 11 nitrogen and oxygen atoms in total. The highest BCUT2D eigenvalue weighted by molar-refractivity contribution is 8.04. The van der Waals surface area contributed by atoms with Crippen LogP contribution < -0.4 is 10.2 Å². The van der Waals surface area contributed by atoms with Gasteiger partial charge in [0.05, 0.1) is 6.61 Å². The Morgan fingerprint density at radius 2 is 1.26 bits per heavy atom. The number of nitrogens with zero attached hydrogens (tertiary/aromatic N) is 4. The molecule has 0 aromatic carbocycles. The first-order chi connectivity index (χ1) is 17.0. The summed E-state index contributed by atoms with van der Waals surface area (Å²) < 4.78 is 26.2. The maximum atomic E-state index is 12.0. The van der Waals surface area contributed by atoms with E-state index in [1.165, 1.54) is 51.4 Å². The summed E-state index contributed by atoms with van der Waals surface area (Å²) in [6.07, 6.45) is 16.1. The summed E-state index contributed by atoms with van der Waals surface area (Å²) in [6.45, 7) is 2.15. The second-order valence-corrected chi connectivity index (χ2v) is 10.6. The van der Waals surface area contributed by atoms with Crippen LogP contribution in [-0.2, 0) is 24.4 Å². The van der Waals surface area contributed by atoms with Gasteiger partial charge in [-0.15, -0.1) is 10.2 Å². The molecule has 0 radical (unpaired) electrons. The molecular formula is C23H44N6O5S. The van der Waals surface area contributed by atoms with Crippen LogP contribution in [0.4, 0.5) is 0 Å². The molecule has 0 spiro atoms. The number of sulfonamides is 1. The Morgan fingerprint density at radius 3 is 1.80 bits per heavy atom. The normalized spacial score (nSPS) is 13.5. The van der Waals surface area contributed by atoms with E-state index in [1.54, 1.807) is 6.92 Å². The van der Waals surface area contributed by atoms with Crippen molar-refractivity contribution in [2.24, 2.45) is 20.7 Å². The van der Waals surface area contributed by atoms with E-state index in [2.05, 4.69) is 30.9 Å². The van der Waals surface area contributed by atoms with Crippen LogP contribution in [0.1, 0.15) is 116 Å². The highest BCUT2D eigenvalue weighted by Gasteiger charge is 2.20. The van der Waals surface area contributed by atoms with E-state index in [-0.39, 0.29) is 31.5 Å². The van der Waals surface area contributed by atoms with Crippen LogP contribution >= 0.6 is 0 Å². The van der Waals surface area contributed by atoms with Crippen LogP contribution in [-0.4, -0.2) is 38.8 Å². The molecule has 0 unspecified atom stereocenters. The zero-order chi connectivity index (χ0) is 25.6. The molecule has 1 aliphatic heterocycles. The lowest BCUT2D eigenvalue weighted by Crippen LogP contribution is -2.32. The fraction of sp³-hybridized carbons (Fsp3) is 0.913. The van der Waals surface area contributed by atoms with Crippen LogP contribution in [0.2, 0.25) is 0 Å². The third-order valence-corrected chi connectivity index (χ3v) is 7.14. The summed E-state index contributed by atoms with van der Waals surface area (Å²) in [5.41, 5.74) is 2.24. The second-order valence-electron chi connectivity index (χ2n) is 8.86. The van der Waals surface area contributed by atoms with Crippen molar-refractivity contribution in [2.45, 2.75) is 122 Å². The predicted octanol–water partition coefficient (Wildman–Crippen LogP) is 5.29. The SMILES string of the molecule is CCONC(=O)CCCNS(=O)(=O)C(=O)CCCCCCCCCCCCCCCC1N=NN=N1. The van der Waals surface area contributed by atoms with Crippen molar-refractivity contribution in [3.05, 3.63) is 0 Å². The van der Waals surface area contributed by atoms with Gasteiger partial charge >= 0.3 is 0 Å². The standard InChI is InChI=1S/C23H44N6O5S/c1-2-34-27-22(30)18-16-20-24-35(32,33)23(31)19-15-13-11-9-7-5-3-4-6-8-10-12-14-17-21-25-28-29-26-21/h21,24H,2-20H2,1H3,(H,27,30). The van der Waals surface area contributed by atoms with Crippen molar-refractivity contribution in [2.75, 3.05) is 13.2 Å². The summed E-state index contributed by atoms with van der Waals surface area (Å²) in [5.74, 6) is -0.318. The van der Waals surface area contributed by atoms with Crippen LogP contribution in [0.3, 0.4) is 0 Å². The first kappa shape index (κ1) is 31.2. The van der Waals surface area contributed by atoms with Crippen LogP contribution in [0.25, 0.3) is 0 Å². The van der Waals surface area contributed by atoms with Gasteiger partial charge in [-0.1, -0.05) is 70.6 Å². The molecule has 0 bridgehead atoms. The lowest BCUT2D eigenvalue weighted by atomic mass is 10.0. The zero-order valence-electron chi connectivity index (χ0n) is 21.3. The molecule has 1 aliphatic rings. The fourth-order valence-corrected chi connectivity index (χ4v) is 4.71. The number of nitrogens with one attached hydrogen (secondary N) is 2. The van der Waals surface area contributed by atoms with Gasteiger partial charge in [0, 0.05) is 19.4 Å². The Bertz CT molecular complexity index is 733. The van der Waals surface area contributed by atoms with Crippen LogP contribution in [0.15, 0.2) is 20.7 Å². The molecule has 1 heterocycles. The Morgan fingerprint density at radius 1 is 0.743 bits per heavy atom. The number of hydroxylamine groups is 1. The zero-order valence-corrected chi connectivity index (χ0v) is 22.1. The van der Waals surface area contributed by atoms with Crippen LogP contribution in [0.5, 0.6) is 0 Å². The Labute approximate surface area is 210 Å². The van der Waals surface area contributed by atoms with E-state index in [0.717, 1.165) is 32.1 Å². The molecule has 0 aliphatic carbocycles. The minimum absolute atomic E-state index is 0.0367. The summed E-state index contributed by atoms with van der Waals surface area (Å²) in [5, 5.41) is 14.1. The minimum atomic E-state index is -3.96. The van der Waals surface area contributed by atoms with Crippen molar-refractivity contribution < 1.29 is 22.8 Å². The first-order valence-electron chi connectivity index (χ1n) is 13.2. The number of unbranched alkanes of at least 4 members (excludes halogenated alkanes) is 12. The molecule has 1 rings (SSSR count). The molecule has 0 aromatic rings. The summed E-state index contributed by atoms with van der Waals surface area (Å²) in [6, 6.07) is 0. The van der Waals surface area contributed by atoms with Gasteiger partial charge in [-0.2, -0.15) is 0 Å². The van der Waals surface area contributed by atoms with E-state index in [9.17, 15) is 18.0 Å². The van der Waals surface area contributed by atoms with E-state index in [1.807, 2.05) is 0 Å². The molecule has 0 aromatic heterocycles. The third-order valence-electron chi connectivity index (χ3n) is 5.76. The van der Waals surface area contributed by atoms with Gasteiger partial charge in [0.15, 0.2) is 6.17 Å². The van der Waals surface area contributed by atoms with E-state index in [0.29, 0.717) is 19.4 Å². The lowest BCUT2D eigenvalue weighted by molar-refractivity contribution is -0.133. The highest BCUT2D eigenvalue weighted by atomic mass is 32.2. The fourth-order valence-electron chi connectivity index (χ4n) is 3.72. The van der Waals surface area contributed by atoms with Crippen LogP contribution in [0, 0.1) is 0 Å². The Balaban J connectivity index is 1.85. The number of amides is 1. The van der Waals surface area contributed by atoms with Gasteiger partial charge < -0.3 is 0 Å². The maximum Gasteiger partial charge on any atom is 0.274 e. The average molecular weight is 517 g/mol. The monoisotopic (exact) mass is 516 g/mol. The molecule has 0 saturated heterocycles. The minimum Gasteiger partial charge on any atom is -0.280 e. The van der Waals surface area contributed by atoms with Crippen molar-refractivity contribution in [3.8, 4) is 0 Å². The topological polar surface area (TPSA) is 151 Å². The average Bonchev–Trinajstić information content (AvgIpc) is 3.36. The number of carbonyl (C=O) groups is 2. The number of carbonyl (C=O) groups excluding carboxylic acids is 2. The predicted molar refractivity (Wildman–Crippen MR) is 134 cm³/mol. The van der Waals surface area contributed by atoms with E-state index < -0.39 is 15.1 Å². The Kier molecular flexibility index (Phi) is 18.2. The summed E-state index contributed by atoms with van der Waals surface area (Å²) in [4.78, 5) is 28.1. The van der Waals surface area contributed by atoms with Gasteiger partial charge in [0.1, 0.15) is 0 Å². The van der Waals surface area contributed by atoms with E-state index in [4.69, 9.17) is 4.84 Å². The Hall–Kier alpha value is -1.79. The van der Waals surface area contributed by atoms with Gasteiger partial charge in [-0.3, -0.25) is 14.4 Å². The van der Waals surface area contributed by atoms with Crippen molar-refractivity contribution in [1.82, 2.24) is 10.2 Å². The molecular weight excluding hydrogens is 472 g/mol. The quantitative estimate of drug-likeness (QED) is 0.140. The summed E-state index contributed by atoms with van der Waals surface area (Å²) >= 11 is 0. The molecule has 2 N–H and O–H groups in total. The van der Waals surface area contributed by atoms with Crippen molar-refractivity contribution in [3.63, 3.8) is 0 Å². The second kappa shape index (κ2) is 20.4. The van der Waals surface area contributed by atoms with Gasteiger partial charge in [0.2, 0.25) is 5.91 Å². The number of rotatable bonds is 23. The first-order valence-corrected chi connectivity index (χ1v) is 14.7. The van der Waals surface area contributed by atoms with Gasteiger partial charge in [-0.25, -0.2) is 18.6 Å². The number of hydrogen-bond acceptors (Lipinski definition) is 9. The van der Waals surface area contributed by atoms with E-state index >= 15 is 0 Å². The molecule has 0 saturated carbocycles. The molecule has 35 heavy (non-hydrogen) atoms. The molecule has 0 fully saturated rings. The van der Waals surface area contributed by atoms with Crippen molar-refractivity contribution in [1.29, 1.82) is 0 Å². The smallest absolute Gasteiger partial charge is 0.274 e. The highest BCUT2D eigenvalue weighted by Crippen LogP contribution is 2.16. The third kappa shape index (κ3) is 17.3. The molecule has 202 valence electrons. The molecule has 1 amide bonds. The summed E-state index contributed by atoms with van der Waals surface area (Å²) in [7, 11) is -3.96. The lowest BCUT2D eigenvalue weighted by Gasteiger charge is -2.06. The molecule has 12 heteroatoms. The van der Waals surface area contributed by atoms with Gasteiger partial charge in [0.25, 0.3) is 15.1 Å². The largest absolute Gasteiger partial charge is 0.280 e. The van der Waals surface area contributed by atoms with Crippen molar-refractivity contribution >= 4 is 21.0 Å². The maximum absolute atomic E-state index is 12.0. The number of hydrogen-bond donors (Lipinski definition) is 2.